The summed E-state index contributed by atoms with van der Waals surface area (Å²) in [6.07, 6.45) is 0.387. The highest BCUT2D eigenvalue weighted by molar-refractivity contribution is 5.82. The molecular formula is C5H12N4O2. The third kappa shape index (κ3) is 3.41. The summed E-state index contributed by atoms with van der Waals surface area (Å²) in [6.45, 7) is 1.70. The first-order valence-electron chi connectivity index (χ1n) is 3.14. The highest BCUT2D eigenvalue weighted by atomic mass is 16.4. The standard InChI is InChI=1S/C5H12N4O2/c1-2-3(4(10)11)8-5(6)9-7/h3H,2,7H2,1H3,(H,10,11)(H3,6,8,9). The fourth-order valence-corrected chi connectivity index (χ4v) is 0.526. The van der Waals surface area contributed by atoms with Crippen molar-refractivity contribution in [2.24, 2.45) is 16.6 Å². The van der Waals surface area contributed by atoms with Crippen LogP contribution in [0.15, 0.2) is 4.99 Å². The highest BCUT2D eigenvalue weighted by Crippen LogP contribution is 1.95. The molecule has 0 bridgehead atoms. The molecule has 0 radical (unpaired) electrons. The van der Waals surface area contributed by atoms with Gasteiger partial charge < -0.3 is 10.8 Å². The summed E-state index contributed by atoms with van der Waals surface area (Å²) in [5.74, 6) is 3.80. The molecule has 0 aliphatic heterocycles. The van der Waals surface area contributed by atoms with Crippen LogP contribution < -0.4 is 17.0 Å². The van der Waals surface area contributed by atoms with Crippen molar-refractivity contribution < 1.29 is 9.90 Å². The second kappa shape index (κ2) is 4.51. The number of aliphatic carboxylic acids is 1. The highest BCUT2D eigenvalue weighted by Gasteiger charge is 2.12. The lowest BCUT2D eigenvalue weighted by atomic mass is 10.2. The summed E-state index contributed by atoms with van der Waals surface area (Å²) in [4.78, 5) is 13.9. The third-order valence-corrected chi connectivity index (χ3v) is 1.11. The van der Waals surface area contributed by atoms with Crippen molar-refractivity contribution in [3.8, 4) is 0 Å². The van der Waals surface area contributed by atoms with Crippen molar-refractivity contribution in [3.63, 3.8) is 0 Å². The third-order valence-electron chi connectivity index (χ3n) is 1.11. The number of aliphatic imine (C=N–C) groups is 1. The van der Waals surface area contributed by atoms with Crippen molar-refractivity contribution in [3.05, 3.63) is 0 Å². The van der Waals surface area contributed by atoms with Crippen LogP contribution in [-0.4, -0.2) is 23.1 Å². The Hall–Kier alpha value is -1.30. The predicted molar refractivity (Wildman–Crippen MR) is 40.7 cm³/mol. The number of nitrogens with zero attached hydrogens (tertiary/aromatic N) is 1. The van der Waals surface area contributed by atoms with Gasteiger partial charge in [-0.1, -0.05) is 6.92 Å². The Morgan fingerprint density at radius 3 is 2.64 bits per heavy atom. The van der Waals surface area contributed by atoms with E-state index in [1.165, 1.54) is 0 Å². The predicted octanol–water partition coefficient (Wildman–Crippen LogP) is -1.37. The number of carboxylic acid groups (broad SMARTS) is 1. The van der Waals surface area contributed by atoms with Crippen LogP contribution >= 0.6 is 0 Å². The first-order chi connectivity index (χ1) is 5.11. The number of hydrogen-bond donors (Lipinski definition) is 4. The van der Waals surface area contributed by atoms with Gasteiger partial charge in [0.1, 0.15) is 0 Å². The van der Waals surface area contributed by atoms with Crippen LogP contribution in [0.4, 0.5) is 0 Å². The molecule has 0 fully saturated rings. The fraction of sp³-hybridized carbons (Fsp3) is 0.600. The number of hydrazine groups is 1. The minimum Gasteiger partial charge on any atom is -0.480 e. The van der Waals surface area contributed by atoms with E-state index in [1.807, 2.05) is 5.43 Å². The minimum absolute atomic E-state index is 0.0701. The largest absolute Gasteiger partial charge is 0.480 e. The quantitative estimate of drug-likeness (QED) is 0.176. The molecule has 6 nitrogen and oxygen atoms in total. The maximum atomic E-state index is 10.4. The maximum absolute atomic E-state index is 10.4. The fourth-order valence-electron chi connectivity index (χ4n) is 0.526. The van der Waals surface area contributed by atoms with E-state index < -0.39 is 12.0 Å². The SMILES string of the molecule is CCC(N=C(N)NN)C(=O)O. The summed E-state index contributed by atoms with van der Waals surface area (Å²) < 4.78 is 0. The van der Waals surface area contributed by atoms with Crippen LogP contribution in [0.2, 0.25) is 0 Å². The molecule has 0 saturated carbocycles. The van der Waals surface area contributed by atoms with Crippen molar-refractivity contribution in [2.45, 2.75) is 19.4 Å². The van der Waals surface area contributed by atoms with Gasteiger partial charge in [0.05, 0.1) is 0 Å². The van der Waals surface area contributed by atoms with E-state index in [-0.39, 0.29) is 5.96 Å². The first-order valence-corrected chi connectivity index (χ1v) is 3.14. The molecule has 0 amide bonds. The number of rotatable bonds is 3. The van der Waals surface area contributed by atoms with Crippen LogP contribution in [0.5, 0.6) is 0 Å². The molecule has 0 aromatic heterocycles. The molecule has 11 heavy (non-hydrogen) atoms. The molecule has 0 aliphatic carbocycles. The van der Waals surface area contributed by atoms with E-state index in [0.717, 1.165) is 0 Å². The van der Waals surface area contributed by atoms with Gasteiger partial charge >= 0.3 is 5.97 Å². The zero-order valence-corrected chi connectivity index (χ0v) is 6.24. The van der Waals surface area contributed by atoms with Crippen LogP contribution in [0, 0.1) is 0 Å². The van der Waals surface area contributed by atoms with Gasteiger partial charge in [0.25, 0.3) is 0 Å². The summed E-state index contributed by atoms with van der Waals surface area (Å²) in [7, 11) is 0. The Kier molecular flexibility index (Phi) is 3.97. The number of nitrogens with two attached hydrogens (primary N) is 2. The van der Waals surface area contributed by atoms with E-state index in [2.05, 4.69) is 4.99 Å². The van der Waals surface area contributed by atoms with Crippen LogP contribution in [0.1, 0.15) is 13.3 Å². The maximum Gasteiger partial charge on any atom is 0.328 e. The van der Waals surface area contributed by atoms with Gasteiger partial charge in [0.15, 0.2) is 6.04 Å². The average molecular weight is 160 g/mol. The van der Waals surface area contributed by atoms with Gasteiger partial charge in [-0.2, -0.15) is 0 Å². The van der Waals surface area contributed by atoms with Crippen LogP contribution in [0.25, 0.3) is 0 Å². The summed E-state index contributed by atoms with van der Waals surface area (Å²) in [6, 6.07) is -0.814. The molecule has 0 heterocycles. The number of carbonyl (C=O) groups is 1. The zero-order chi connectivity index (χ0) is 8.85. The average Bonchev–Trinajstić information content (AvgIpc) is 1.99. The van der Waals surface area contributed by atoms with Crippen molar-refractivity contribution in [2.75, 3.05) is 0 Å². The smallest absolute Gasteiger partial charge is 0.328 e. The number of guanidine groups is 1. The Morgan fingerprint density at radius 2 is 2.36 bits per heavy atom. The van der Waals surface area contributed by atoms with Crippen molar-refractivity contribution in [1.29, 1.82) is 0 Å². The van der Waals surface area contributed by atoms with Gasteiger partial charge in [-0.25, -0.2) is 15.6 Å². The van der Waals surface area contributed by atoms with E-state index in [4.69, 9.17) is 16.7 Å². The molecular weight excluding hydrogens is 148 g/mol. The monoisotopic (exact) mass is 160 g/mol. The summed E-state index contributed by atoms with van der Waals surface area (Å²) in [5.41, 5.74) is 7.19. The number of hydrogen-bond acceptors (Lipinski definition) is 3. The second-order valence-electron chi connectivity index (χ2n) is 1.92. The minimum atomic E-state index is -1.01. The molecule has 0 saturated heterocycles. The molecule has 0 aromatic carbocycles. The molecule has 1 unspecified atom stereocenters. The normalized spacial score (nSPS) is 14.2. The van der Waals surface area contributed by atoms with Crippen molar-refractivity contribution >= 4 is 11.9 Å². The van der Waals surface area contributed by atoms with Crippen molar-refractivity contribution in [1.82, 2.24) is 5.43 Å². The van der Waals surface area contributed by atoms with Crippen LogP contribution in [-0.2, 0) is 4.79 Å². The summed E-state index contributed by atoms with van der Waals surface area (Å²) in [5, 5.41) is 8.49. The topological polar surface area (TPSA) is 114 Å². The molecule has 0 aliphatic rings. The van der Waals surface area contributed by atoms with E-state index in [9.17, 15) is 4.79 Å². The summed E-state index contributed by atoms with van der Waals surface area (Å²) >= 11 is 0. The van der Waals surface area contributed by atoms with Crippen LogP contribution in [0.3, 0.4) is 0 Å². The lowest BCUT2D eigenvalue weighted by molar-refractivity contribution is -0.138. The Labute approximate surface area is 64.2 Å². The Balaban J connectivity index is 4.17. The van der Waals surface area contributed by atoms with Gasteiger partial charge in [-0.3, -0.25) is 5.43 Å². The second-order valence-corrected chi connectivity index (χ2v) is 1.92. The van der Waals surface area contributed by atoms with Gasteiger partial charge in [-0.05, 0) is 6.42 Å². The van der Waals surface area contributed by atoms with E-state index >= 15 is 0 Å². The molecule has 0 aromatic rings. The first kappa shape index (κ1) is 9.70. The molecule has 64 valence electrons. The zero-order valence-electron chi connectivity index (χ0n) is 6.24. The lowest BCUT2D eigenvalue weighted by Crippen LogP contribution is -2.39. The molecule has 6 N–H and O–H groups in total. The van der Waals surface area contributed by atoms with E-state index in [0.29, 0.717) is 6.42 Å². The Morgan fingerprint density at radius 1 is 1.82 bits per heavy atom. The van der Waals surface area contributed by atoms with Gasteiger partial charge in [-0.15, -0.1) is 0 Å². The molecule has 6 heteroatoms. The molecule has 0 spiro atoms. The Bertz CT molecular complexity index is 168. The molecule has 1 atom stereocenters. The van der Waals surface area contributed by atoms with E-state index in [1.54, 1.807) is 6.92 Å². The number of carboxylic acids is 1. The molecule has 0 rings (SSSR count). The van der Waals surface area contributed by atoms with Gasteiger partial charge in [0, 0.05) is 0 Å². The lowest BCUT2D eigenvalue weighted by Gasteiger charge is -2.04. The van der Waals surface area contributed by atoms with Gasteiger partial charge in [0.2, 0.25) is 5.96 Å². The number of nitrogens with one attached hydrogen (secondary N) is 1.